The van der Waals surface area contributed by atoms with E-state index in [-0.39, 0.29) is 1.43 Å². The van der Waals surface area contributed by atoms with Crippen LogP contribution in [0.1, 0.15) is 20.0 Å². The van der Waals surface area contributed by atoms with Crippen molar-refractivity contribution < 1.29 is 1.43 Å². The maximum absolute atomic E-state index is 4.01. The van der Waals surface area contributed by atoms with E-state index < -0.39 is 0 Å². The van der Waals surface area contributed by atoms with Gasteiger partial charge in [0.1, 0.15) is 0 Å². The van der Waals surface area contributed by atoms with Crippen LogP contribution < -0.4 is 5.32 Å². The van der Waals surface area contributed by atoms with Crippen LogP contribution in [0.15, 0.2) is 62.0 Å². The van der Waals surface area contributed by atoms with Crippen molar-refractivity contribution in [2.75, 3.05) is 14.1 Å². The molecule has 3 heteroatoms. The van der Waals surface area contributed by atoms with Gasteiger partial charge in [-0.3, -0.25) is 4.98 Å². The number of hydrogen-bond acceptors (Lipinski definition) is 2. The van der Waals surface area contributed by atoms with E-state index in [4.69, 9.17) is 0 Å². The number of aromatic nitrogens is 2. The minimum atomic E-state index is 0. The number of nitrogens with one attached hydrogen (secondary N) is 2. The first-order chi connectivity index (χ1) is 10.3. The molecule has 2 aromatic heterocycles. The van der Waals surface area contributed by atoms with Gasteiger partial charge in [0, 0.05) is 30.4 Å². The van der Waals surface area contributed by atoms with Gasteiger partial charge in [-0.25, -0.2) is 0 Å². The summed E-state index contributed by atoms with van der Waals surface area (Å²) in [6, 6.07) is 4.06. The third-order valence-electron chi connectivity index (χ3n) is 2.44. The van der Waals surface area contributed by atoms with Crippen LogP contribution in [0, 0.1) is 6.92 Å². The molecule has 0 spiro atoms. The summed E-state index contributed by atoms with van der Waals surface area (Å²) in [4.78, 5) is 7.22. The molecule has 0 fully saturated rings. The number of pyridine rings is 1. The van der Waals surface area contributed by atoms with E-state index in [1.54, 1.807) is 6.20 Å². The number of aryl methyl sites for hydroxylation is 1. The van der Waals surface area contributed by atoms with E-state index in [2.05, 4.69) is 58.8 Å². The molecule has 1 aliphatic rings. The maximum Gasteiger partial charge on any atom is 0.0487 e. The molecule has 0 saturated heterocycles. The lowest BCUT2D eigenvalue weighted by Gasteiger charge is -1.88. The van der Waals surface area contributed by atoms with Gasteiger partial charge < -0.3 is 10.3 Å². The second-order valence-electron chi connectivity index (χ2n) is 4.35. The zero-order valence-corrected chi connectivity index (χ0v) is 13.4. The topological polar surface area (TPSA) is 40.7 Å². The van der Waals surface area contributed by atoms with E-state index in [9.17, 15) is 0 Å². The van der Waals surface area contributed by atoms with E-state index >= 15 is 0 Å². The second kappa shape index (κ2) is 12.9. The summed E-state index contributed by atoms with van der Waals surface area (Å²) in [5.41, 5.74) is 2.34. The van der Waals surface area contributed by atoms with Crippen molar-refractivity contribution in [3.05, 3.63) is 67.7 Å². The molecule has 2 heterocycles. The summed E-state index contributed by atoms with van der Waals surface area (Å²) in [7, 11) is 3.75. The highest BCUT2D eigenvalue weighted by Crippen LogP contribution is 2.11. The molecule has 2 aromatic rings. The lowest BCUT2D eigenvalue weighted by molar-refractivity contribution is 1.02. The fourth-order valence-electron chi connectivity index (χ4n) is 1.66. The van der Waals surface area contributed by atoms with E-state index in [1.165, 1.54) is 23.9 Å². The van der Waals surface area contributed by atoms with Gasteiger partial charge in [-0.1, -0.05) is 24.3 Å². The highest BCUT2D eigenvalue weighted by molar-refractivity contribution is 5.78. The maximum atomic E-state index is 4.01. The summed E-state index contributed by atoms with van der Waals surface area (Å²) in [6.07, 6.45) is 14.6. The number of nitrogens with zero attached hydrogens (tertiary/aromatic N) is 1. The summed E-state index contributed by atoms with van der Waals surface area (Å²) in [5, 5.41) is 3.93. The van der Waals surface area contributed by atoms with Crippen LogP contribution in [0.5, 0.6) is 0 Å². The summed E-state index contributed by atoms with van der Waals surface area (Å²) >= 11 is 0. The lowest BCUT2D eigenvalue weighted by Crippen LogP contribution is -1.89. The Kier molecular flexibility index (Phi) is 11.6. The highest BCUT2D eigenvalue weighted by atomic mass is 14.7. The standard InChI is InChI=1S/C8H8N2.C6H8.C2H7N.C2H4.H2/c1-6-4-7-5-9-3-2-8(7)10-6;1-2-4-6-5-3-1;1-3-2;1-2;/h2-5,10H,1H3;1-4H,5-6H2;3H,1-2H3;1-2H2;1H. The smallest absolute Gasteiger partial charge is 0.0487 e. The molecule has 21 heavy (non-hydrogen) atoms. The normalized spacial score (nSPS) is 11.4. The predicted octanol–water partition coefficient (Wildman–Crippen LogP) is 4.65. The molecule has 0 unspecified atom stereocenters. The van der Waals surface area contributed by atoms with Crippen molar-refractivity contribution >= 4 is 10.9 Å². The number of H-pyrrole nitrogens is 1. The third-order valence-corrected chi connectivity index (χ3v) is 2.44. The molecule has 0 bridgehead atoms. The Morgan fingerprint density at radius 2 is 1.76 bits per heavy atom. The molecule has 0 saturated carbocycles. The van der Waals surface area contributed by atoms with Crippen LogP contribution in [0.2, 0.25) is 0 Å². The summed E-state index contributed by atoms with van der Waals surface area (Å²) in [6.45, 7) is 8.04. The van der Waals surface area contributed by atoms with Crippen LogP contribution in [0.3, 0.4) is 0 Å². The van der Waals surface area contributed by atoms with Crippen molar-refractivity contribution in [3.63, 3.8) is 0 Å². The first kappa shape index (κ1) is 18.9. The van der Waals surface area contributed by atoms with Gasteiger partial charge in [-0.2, -0.15) is 0 Å². The zero-order chi connectivity index (χ0) is 15.9. The van der Waals surface area contributed by atoms with Crippen LogP contribution >= 0.6 is 0 Å². The molecule has 1 aliphatic carbocycles. The Morgan fingerprint density at radius 3 is 2.19 bits per heavy atom. The molecular weight excluding hydrogens is 258 g/mol. The minimum absolute atomic E-state index is 0. The quantitative estimate of drug-likeness (QED) is 0.693. The first-order valence-corrected chi connectivity index (χ1v) is 7.07. The fourth-order valence-corrected chi connectivity index (χ4v) is 1.66. The number of rotatable bonds is 0. The molecule has 0 radical (unpaired) electrons. The monoisotopic (exact) mass is 287 g/mol. The molecule has 2 N–H and O–H groups in total. The second-order valence-corrected chi connectivity index (χ2v) is 4.35. The molecule has 0 aliphatic heterocycles. The number of hydrogen-bond donors (Lipinski definition) is 2. The number of aromatic amines is 1. The van der Waals surface area contributed by atoms with Crippen LogP contribution in [-0.2, 0) is 0 Å². The average Bonchev–Trinajstić information content (AvgIpc) is 2.92. The number of allylic oxidation sites excluding steroid dienone is 4. The lowest BCUT2D eigenvalue weighted by atomic mass is 10.2. The van der Waals surface area contributed by atoms with Crippen molar-refractivity contribution in [2.24, 2.45) is 0 Å². The Bertz CT molecular complexity index is 499. The SMILES string of the molecule is C1=CCCC=C1.C=C.CNC.Cc1cc2cnccc2[nH]1.[HH]. The van der Waals surface area contributed by atoms with Crippen LogP contribution in [-0.4, -0.2) is 24.1 Å². The van der Waals surface area contributed by atoms with E-state index in [0.717, 1.165) is 5.52 Å². The Hall–Kier alpha value is -2.13. The van der Waals surface area contributed by atoms with Gasteiger partial charge in [0.25, 0.3) is 0 Å². The summed E-state index contributed by atoms with van der Waals surface area (Å²) in [5.74, 6) is 0. The Balaban J connectivity index is 0. The zero-order valence-electron chi connectivity index (χ0n) is 13.4. The van der Waals surface area contributed by atoms with Gasteiger partial charge in [-0.05, 0) is 46.0 Å². The highest BCUT2D eigenvalue weighted by Gasteiger charge is 1.93. The van der Waals surface area contributed by atoms with E-state index in [1.807, 2.05) is 33.3 Å². The molecule has 3 nitrogen and oxygen atoms in total. The largest absolute Gasteiger partial charge is 0.359 e. The molecule has 0 amide bonds. The average molecular weight is 287 g/mol. The fraction of sp³-hybridized carbons (Fsp3) is 0.278. The summed E-state index contributed by atoms with van der Waals surface area (Å²) < 4.78 is 0. The third kappa shape index (κ3) is 8.60. The first-order valence-electron chi connectivity index (χ1n) is 7.07. The van der Waals surface area contributed by atoms with Gasteiger partial charge in [0.15, 0.2) is 0 Å². The van der Waals surface area contributed by atoms with Crippen LogP contribution in [0.4, 0.5) is 0 Å². The van der Waals surface area contributed by atoms with Crippen LogP contribution in [0.25, 0.3) is 10.9 Å². The Morgan fingerprint density at radius 1 is 1.19 bits per heavy atom. The molecular formula is C18H29N3. The van der Waals surface area contributed by atoms with Gasteiger partial charge in [0.05, 0.1) is 0 Å². The minimum Gasteiger partial charge on any atom is -0.359 e. The Labute approximate surface area is 130 Å². The molecule has 116 valence electrons. The molecule has 0 aromatic carbocycles. The van der Waals surface area contributed by atoms with Crippen molar-refractivity contribution in [1.29, 1.82) is 0 Å². The van der Waals surface area contributed by atoms with Crippen molar-refractivity contribution in [1.82, 2.24) is 15.3 Å². The van der Waals surface area contributed by atoms with Gasteiger partial charge in [-0.15, -0.1) is 13.2 Å². The van der Waals surface area contributed by atoms with Gasteiger partial charge >= 0.3 is 0 Å². The van der Waals surface area contributed by atoms with E-state index in [0.29, 0.717) is 0 Å². The molecule has 0 atom stereocenters. The van der Waals surface area contributed by atoms with Crippen molar-refractivity contribution in [2.45, 2.75) is 19.8 Å². The predicted molar refractivity (Wildman–Crippen MR) is 96.7 cm³/mol. The van der Waals surface area contributed by atoms with Crippen molar-refractivity contribution in [3.8, 4) is 0 Å². The van der Waals surface area contributed by atoms with Gasteiger partial charge in [0.2, 0.25) is 0 Å². The number of fused-ring (bicyclic) bond motifs is 1. The molecule has 3 rings (SSSR count).